The molecule has 0 spiro atoms. The van der Waals surface area contributed by atoms with Crippen molar-refractivity contribution in [1.29, 1.82) is 0 Å². The Hall–Kier alpha value is -6.33. The van der Waals surface area contributed by atoms with E-state index in [4.69, 9.17) is 15.0 Å². The monoisotopic (exact) mass is 589 g/mol. The highest BCUT2D eigenvalue weighted by molar-refractivity contribution is 6.21. The Balaban J connectivity index is 1.26. The summed E-state index contributed by atoms with van der Waals surface area (Å²) in [6.45, 7) is 0. The van der Waals surface area contributed by atoms with Gasteiger partial charge in [0.2, 0.25) is 0 Å². The first-order valence-electron chi connectivity index (χ1n) is 15.4. The lowest BCUT2D eigenvalue weighted by molar-refractivity contribution is 1.07. The minimum atomic E-state index is 0.640. The van der Waals surface area contributed by atoms with Gasteiger partial charge in [-0.1, -0.05) is 115 Å². The summed E-state index contributed by atoms with van der Waals surface area (Å²) in [6, 6.07) is 52.5. The van der Waals surface area contributed by atoms with E-state index in [0.29, 0.717) is 17.5 Å². The van der Waals surface area contributed by atoms with Crippen LogP contribution in [0.15, 0.2) is 158 Å². The van der Waals surface area contributed by atoms with Gasteiger partial charge in [-0.05, 0) is 47.5 Å². The van der Waals surface area contributed by atoms with Crippen molar-refractivity contribution in [2.24, 2.45) is 0 Å². The lowest BCUT2D eigenvalue weighted by Crippen LogP contribution is -2.00. The number of nitrogens with zero attached hydrogens (tertiary/aromatic N) is 4. The molecule has 0 saturated heterocycles. The first-order chi connectivity index (χ1) is 22.8. The topological polar surface area (TPSA) is 59.4 Å². The van der Waals surface area contributed by atoms with Gasteiger partial charge in [-0.3, -0.25) is 0 Å². The number of hydrogen-bond acceptors (Lipinski definition) is 3. The van der Waals surface area contributed by atoms with Crippen LogP contribution < -0.4 is 0 Å². The molecule has 0 aliphatic carbocycles. The van der Waals surface area contributed by atoms with E-state index < -0.39 is 0 Å². The molecule has 5 heteroatoms. The standard InChI is InChI=1S/C41H27N5/c1-4-13-27(14-5-1)39-43-40(28-15-6-2-7-16-28)45-41(44-39)30-18-12-17-29(25-30)34-26-35-32-21-10-11-22-36(32)46(31-19-8-3-9-20-31)38(35)37-33(34)23-24-42-37/h1-26,42H. The highest BCUT2D eigenvalue weighted by Crippen LogP contribution is 2.41. The van der Waals surface area contributed by atoms with Gasteiger partial charge in [0.25, 0.3) is 0 Å². The molecule has 3 heterocycles. The molecule has 0 aliphatic rings. The number of benzene rings is 6. The molecule has 3 aromatic heterocycles. The van der Waals surface area contributed by atoms with Crippen molar-refractivity contribution >= 4 is 32.7 Å². The molecule has 0 unspecified atom stereocenters. The van der Waals surface area contributed by atoms with Gasteiger partial charge < -0.3 is 9.55 Å². The minimum absolute atomic E-state index is 0.640. The summed E-state index contributed by atoms with van der Waals surface area (Å²) < 4.78 is 2.37. The van der Waals surface area contributed by atoms with Crippen LogP contribution in [-0.4, -0.2) is 24.5 Å². The third kappa shape index (κ3) is 4.29. The summed E-state index contributed by atoms with van der Waals surface area (Å²) in [7, 11) is 0. The predicted molar refractivity (Wildman–Crippen MR) is 188 cm³/mol. The Morgan fingerprint density at radius 2 is 1.00 bits per heavy atom. The number of aromatic amines is 1. The van der Waals surface area contributed by atoms with Crippen molar-refractivity contribution in [3.05, 3.63) is 158 Å². The summed E-state index contributed by atoms with van der Waals surface area (Å²) in [5.41, 5.74) is 9.69. The molecule has 0 bridgehead atoms. The Bertz CT molecular complexity index is 2460. The number of aromatic nitrogens is 5. The quantitative estimate of drug-likeness (QED) is 0.217. The molecule has 0 atom stereocenters. The molecule has 9 aromatic rings. The third-order valence-corrected chi connectivity index (χ3v) is 8.62. The number of H-pyrrole nitrogens is 1. The lowest BCUT2D eigenvalue weighted by Gasteiger charge is -2.12. The first kappa shape index (κ1) is 26.1. The number of fused-ring (bicyclic) bond motifs is 5. The fourth-order valence-corrected chi connectivity index (χ4v) is 6.52. The molecule has 5 nitrogen and oxygen atoms in total. The zero-order valence-corrected chi connectivity index (χ0v) is 24.8. The van der Waals surface area contributed by atoms with Crippen molar-refractivity contribution in [2.45, 2.75) is 0 Å². The fourth-order valence-electron chi connectivity index (χ4n) is 6.52. The van der Waals surface area contributed by atoms with Gasteiger partial charge in [-0.2, -0.15) is 0 Å². The second kappa shape index (κ2) is 10.7. The molecule has 0 aliphatic heterocycles. The predicted octanol–water partition coefficient (Wildman–Crippen LogP) is 10.1. The summed E-state index contributed by atoms with van der Waals surface area (Å²) in [6.07, 6.45) is 2.04. The van der Waals surface area contributed by atoms with Gasteiger partial charge in [-0.25, -0.2) is 15.0 Å². The molecule has 6 aromatic carbocycles. The van der Waals surface area contributed by atoms with Gasteiger partial charge in [-0.15, -0.1) is 0 Å². The highest BCUT2D eigenvalue weighted by Gasteiger charge is 2.19. The summed E-state index contributed by atoms with van der Waals surface area (Å²) in [4.78, 5) is 18.4. The van der Waals surface area contributed by atoms with Gasteiger partial charge >= 0.3 is 0 Å². The van der Waals surface area contributed by atoms with E-state index in [2.05, 4.69) is 101 Å². The molecule has 0 amide bonds. The molecule has 46 heavy (non-hydrogen) atoms. The smallest absolute Gasteiger partial charge is 0.164 e. The number of hydrogen-bond donors (Lipinski definition) is 1. The van der Waals surface area contributed by atoms with Crippen LogP contribution in [0.4, 0.5) is 0 Å². The van der Waals surface area contributed by atoms with Crippen LogP contribution in [0.25, 0.3) is 83.7 Å². The largest absolute Gasteiger partial charge is 0.359 e. The Labute approximate surface area is 265 Å². The van der Waals surface area contributed by atoms with Crippen LogP contribution in [0.3, 0.4) is 0 Å². The molecule has 1 N–H and O–H groups in total. The first-order valence-corrected chi connectivity index (χ1v) is 15.4. The zero-order valence-electron chi connectivity index (χ0n) is 24.8. The van der Waals surface area contributed by atoms with Gasteiger partial charge in [0, 0.05) is 44.7 Å². The van der Waals surface area contributed by atoms with Crippen LogP contribution in [0, 0.1) is 0 Å². The maximum atomic E-state index is 4.98. The van der Waals surface area contributed by atoms with Gasteiger partial charge in [0.1, 0.15) is 0 Å². The maximum absolute atomic E-state index is 4.98. The number of nitrogens with one attached hydrogen (secondary N) is 1. The van der Waals surface area contributed by atoms with E-state index >= 15 is 0 Å². The van der Waals surface area contributed by atoms with E-state index in [9.17, 15) is 0 Å². The molecule has 216 valence electrons. The SMILES string of the molecule is c1ccc(-c2nc(-c3ccccc3)nc(-c3cccc(-c4cc5c6ccccc6n(-c6ccccc6)c5c5[nH]ccc45)c3)n2)cc1. The Morgan fingerprint density at radius 1 is 0.435 bits per heavy atom. The van der Waals surface area contributed by atoms with Crippen LogP contribution in [0.5, 0.6) is 0 Å². The lowest BCUT2D eigenvalue weighted by atomic mass is 9.97. The van der Waals surface area contributed by atoms with Crippen LogP contribution >= 0.6 is 0 Å². The number of para-hydroxylation sites is 2. The average molecular weight is 590 g/mol. The summed E-state index contributed by atoms with van der Waals surface area (Å²) >= 11 is 0. The molecule has 0 saturated carbocycles. The molecule has 0 radical (unpaired) electrons. The molecule has 0 fully saturated rings. The Kier molecular flexibility index (Phi) is 6.06. The Morgan fingerprint density at radius 3 is 1.70 bits per heavy atom. The van der Waals surface area contributed by atoms with E-state index in [1.807, 2.05) is 66.9 Å². The van der Waals surface area contributed by atoms with E-state index in [1.54, 1.807) is 0 Å². The van der Waals surface area contributed by atoms with Crippen molar-refractivity contribution < 1.29 is 0 Å². The third-order valence-electron chi connectivity index (χ3n) is 8.62. The summed E-state index contributed by atoms with van der Waals surface area (Å²) in [5.74, 6) is 1.94. The van der Waals surface area contributed by atoms with E-state index in [-0.39, 0.29) is 0 Å². The molecular formula is C41H27N5. The van der Waals surface area contributed by atoms with E-state index in [0.717, 1.165) is 44.4 Å². The van der Waals surface area contributed by atoms with Crippen LogP contribution in [0.2, 0.25) is 0 Å². The van der Waals surface area contributed by atoms with Gasteiger partial charge in [0.15, 0.2) is 17.5 Å². The average Bonchev–Trinajstić information content (AvgIpc) is 3.76. The zero-order chi connectivity index (χ0) is 30.5. The normalized spacial score (nSPS) is 11.5. The van der Waals surface area contributed by atoms with Crippen LogP contribution in [0.1, 0.15) is 0 Å². The maximum Gasteiger partial charge on any atom is 0.164 e. The van der Waals surface area contributed by atoms with E-state index in [1.165, 1.54) is 21.8 Å². The minimum Gasteiger partial charge on any atom is -0.359 e. The van der Waals surface area contributed by atoms with Crippen molar-refractivity contribution in [1.82, 2.24) is 24.5 Å². The summed E-state index contributed by atoms with van der Waals surface area (Å²) in [5, 5.41) is 3.58. The highest BCUT2D eigenvalue weighted by atomic mass is 15.0. The van der Waals surface area contributed by atoms with Crippen molar-refractivity contribution in [3.8, 4) is 51.0 Å². The number of rotatable bonds is 5. The van der Waals surface area contributed by atoms with Crippen LogP contribution in [-0.2, 0) is 0 Å². The molecule has 9 rings (SSSR count). The molecular weight excluding hydrogens is 562 g/mol. The van der Waals surface area contributed by atoms with Crippen molar-refractivity contribution in [2.75, 3.05) is 0 Å². The van der Waals surface area contributed by atoms with Gasteiger partial charge in [0.05, 0.1) is 16.6 Å². The second-order valence-corrected chi connectivity index (χ2v) is 11.4. The fraction of sp³-hybridized carbons (Fsp3) is 0. The van der Waals surface area contributed by atoms with Crippen molar-refractivity contribution in [3.63, 3.8) is 0 Å². The second-order valence-electron chi connectivity index (χ2n) is 11.4.